The number of nitrogens with zero attached hydrogens (tertiary/aromatic N) is 2. The van der Waals surface area contributed by atoms with Crippen LogP contribution in [0, 0.1) is 0 Å². The number of thioether (sulfide) groups is 1. The number of hydrogen-bond donors (Lipinski definition) is 1. The van der Waals surface area contributed by atoms with Crippen LogP contribution in [-0.2, 0) is 4.74 Å². The molecule has 19 heavy (non-hydrogen) atoms. The monoisotopic (exact) mass is 277 g/mol. The van der Waals surface area contributed by atoms with Gasteiger partial charge in [0.2, 0.25) is 0 Å². The summed E-state index contributed by atoms with van der Waals surface area (Å²) < 4.78 is 6.65. The molecule has 0 aliphatic rings. The summed E-state index contributed by atoms with van der Waals surface area (Å²) in [4.78, 5) is 11.7. The summed E-state index contributed by atoms with van der Waals surface area (Å²) in [7, 11) is 0. The Morgan fingerprint density at radius 3 is 2.95 bits per heavy atom. The van der Waals surface area contributed by atoms with Crippen molar-refractivity contribution >= 4 is 23.4 Å². The number of carbonyl (C=O) groups excluding carboxylic acids is 1. The van der Waals surface area contributed by atoms with Crippen molar-refractivity contribution in [1.82, 2.24) is 9.78 Å². The van der Waals surface area contributed by atoms with E-state index in [1.165, 1.54) is 0 Å². The molecule has 2 aromatic rings. The van der Waals surface area contributed by atoms with Crippen molar-refractivity contribution in [2.45, 2.75) is 0 Å². The third-order valence-corrected chi connectivity index (χ3v) is 3.08. The van der Waals surface area contributed by atoms with E-state index in [0.717, 1.165) is 11.4 Å². The van der Waals surface area contributed by atoms with Gasteiger partial charge in [-0.2, -0.15) is 16.9 Å². The number of ether oxygens (including phenoxy) is 1. The fraction of sp³-hybridized carbons (Fsp3) is 0.231. The third-order valence-electron chi connectivity index (χ3n) is 2.50. The van der Waals surface area contributed by atoms with Crippen molar-refractivity contribution in [2.75, 3.05) is 24.3 Å². The first-order valence-corrected chi connectivity index (χ1v) is 7.18. The van der Waals surface area contributed by atoms with Gasteiger partial charge in [0.05, 0.1) is 11.4 Å². The smallest absolute Gasteiger partial charge is 0.358 e. The highest BCUT2D eigenvalue weighted by Gasteiger charge is 2.12. The van der Waals surface area contributed by atoms with Gasteiger partial charge in [-0.1, -0.05) is 12.1 Å². The van der Waals surface area contributed by atoms with Crippen molar-refractivity contribution in [2.24, 2.45) is 0 Å². The second kappa shape index (κ2) is 6.29. The van der Waals surface area contributed by atoms with Crippen molar-refractivity contribution in [3.63, 3.8) is 0 Å². The summed E-state index contributed by atoms with van der Waals surface area (Å²) in [5, 5.41) is 4.18. The number of nitrogen functional groups attached to an aromatic ring is 1. The number of benzene rings is 1. The molecule has 0 unspecified atom stereocenters. The number of aromatic nitrogens is 2. The normalized spacial score (nSPS) is 10.4. The van der Waals surface area contributed by atoms with Gasteiger partial charge in [0.1, 0.15) is 6.61 Å². The fourth-order valence-corrected chi connectivity index (χ4v) is 1.80. The number of esters is 1. The standard InChI is InChI=1S/C13H15N3O2S/c1-19-9-8-18-13(17)11-6-7-16(15-11)12-5-3-2-4-10(12)14/h2-7H,8-9,14H2,1H3. The van der Waals surface area contributed by atoms with E-state index in [1.54, 1.807) is 34.8 Å². The van der Waals surface area contributed by atoms with Gasteiger partial charge >= 0.3 is 5.97 Å². The first-order valence-electron chi connectivity index (χ1n) is 5.79. The molecular formula is C13H15N3O2S. The van der Waals surface area contributed by atoms with E-state index >= 15 is 0 Å². The van der Waals surface area contributed by atoms with E-state index in [9.17, 15) is 4.79 Å². The van der Waals surface area contributed by atoms with Crippen LogP contribution in [0.2, 0.25) is 0 Å². The van der Waals surface area contributed by atoms with E-state index < -0.39 is 5.97 Å². The summed E-state index contributed by atoms with van der Waals surface area (Å²) >= 11 is 1.62. The lowest BCUT2D eigenvalue weighted by atomic mass is 10.3. The number of anilines is 1. The first-order chi connectivity index (χ1) is 9.22. The van der Waals surface area contributed by atoms with Gasteiger partial charge in [-0.25, -0.2) is 9.48 Å². The molecule has 0 saturated heterocycles. The quantitative estimate of drug-likeness (QED) is 0.514. The van der Waals surface area contributed by atoms with Gasteiger partial charge in [0.25, 0.3) is 0 Å². The molecule has 2 rings (SSSR count). The van der Waals surface area contributed by atoms with Crippen molar-refractivity contribution < 1.29 is 9.53 Å². The van der Waals surface area contributed by atoms with Crippen molar-refractivity contribution in [3.8, 4) is 5.69 Å². The summed E-state index contributed by atoms with van der Waals surface area (Å²) in [6.07, 6.45) is 3.65. The van der Waals surface area contributed by atoms with Gasteiger partial charge in [-0.15, -0.1) is 0 Å². The van der Waals surface area contributed by atoms with Crippen LogP contribution in [0.1, 0.15) is 10.5 Å². The predicted molar refractivity (Wildman–Crippen MR) is 76.6 cm³/mol. The number of carbonyl (C=O) groups is 1. The minimum absolute atomic E-state index is 0.282. The highest BCUT2D eigenvalue weighted by atomic mass is 32.2. The third kappa shape index (κ3) is 3.29. The Bertz CT molecular complexity index is 569. The minimum Gasteiger partial charge on any atom is -0.460 e. The van der Waals surface area contributed by atoms with Gasteiger partial charge in [-0.05, 0) is 24.5 Å². The van der Waals surface area contributed by atoms with Crippen LogP contribution in [0.25, 0.3) is 5.69 Å². The molecule has 6 heteroatoms. The Labute approximate surface area is 115 Å². The number of rotatable bonds is 5. The molecule has 1 aromatic carbocycles. The lowest BCUT2D eigenvalue weighted by Crippen LogP contribution is -2.09. The Morgan fingerprint density at radius 2 is 2.21 bits per heavy atom. The molecule has 0 aliphatic carbocycles. The molecule has 2 N–H and O–H groups in total. The molecule has 0 saturated carbocycles. The molecule has 0 atom stereocenters. The highest BCUT2D eigenvalue weighted by Crippen LogP contribution is 2.15. The van der Waals surface area contributed by atoms with Crippen LogP contribution in [0.3, 0.4) is 0 Å². The summed E-state index contributed by atoms with van der Waals surface area (Å²) in [6.45, 7) is 0.389. The van der Waals surface area contributed by atoms with E-state index in [4.69, 9.17) is 10.5 Å². The highest BCUT2D eigenvalue weighted by molar-refractivity contribution is 7.98. The first kappa shape index (κ1) is 13.5. The zero-order chi connectivity index (χ0) is 13.7. The average Bonchev–Trinajstić information content (AvgIpc) is 2.89. The van der Waals surface area contributed by atoms with E-state index in [-0.39, 0.29) is 5.69 Å². The Hall–Kier alpha value is -1.95. The average molecular weight is 277 g/mol. The molecule has 0 radical (unpaired) electrons. The SMILES string of the molecule is CSCCOC(=O)c1ccn(-c2ccccc2N)n1. The molecule has 0 fully saturated rings. The molecule has 0 bridgehead atoms. The van der Waals surface area contributed by atoms with E-state index in [0.29, 0.717) is 12.3 Å². The fourth-order valence-electron chi connectivity index (χ4n) is 1.55. The predicted octanol–water partition coefficient (Wildman–Crippen LogP) is 1.97. The van der Waals surface area contributed by atoms with Crippen LogP contribution >= 0.6 is 11.8 Å². The molecule has 0 aliphatic heterocycles. The lowest BCUT2D eigenvalue weighted by molar-refractivity contribution is 0.0523. The molecule has 0 spiro atoms. The van der Waals surface area contributed by atoms with Crippen LogP contribution in [0.15, 0.2) is 36.5 Å². The number of hydrogen-bond acceptors (Lipinski definition) is 5. The van der Waals surface area contributed by atoms with Crippen LogP contribution < -0.4 is 5.73 Å². The topological polar surface area (TPSA) is 70.1 Å². The largest absolute Gasteiger partial charge is 0.460 e. The molecular weight excluding hydrogens is 262 g/mol. The van der Waals surface area contributed by atoms with Crippen molar-refractivity contribution in [1.29, 1.82) is 0 Å². The second-order valence-corrected chi connectivity index (χ2v) is 4.82. The van der Waals surface area contributed by atoms with E-state index in [2.05, 4.69) is 5.10 Å². The minimum atomic E-state index is -0.415. The Kier molecular flexibility index (Phi) is 4.46. The molecule has 1 aromatic heterocycles. The molecule has 5 nitrogen and oxygen atoms in total. The maximum Gasteiger partial charge on any atom is 0.358 e. The summed E-state index contributed by atoms with van der Waals surface area (Å²) in [5.74, 6) is 0.361. The summed E-state index contributed by atoms with van der Waals surface area (Å²) in [5.41, 5.74) is 7.48. The van der Waals surface area contributed by atoms with Gasteiger partial charge in [0.15, 0.2) is 5.69 Å². The maximum atomic E-state index is 11.7. The van der Waals surface area contributed by atoms with E-state index in [1.807, 2.05) is 24.5 Å². The summed E-state index contributed by atoms with van der Waals surface area (Å²) in [6, 6.07) is 8.95. The zero-order valence-electron chi connectivity index (χ0n) is 10.6. The Morgan fingerprint density at radius 1 is 1.42 bits per heavy atom. The van der Waals surface area contributed by atoms with Crippen molar-refractivity contribution in [3.05, 3.63) is 42.2 Å². The van der Waals surface area contributed by atoms with Crippen LogP contribution in [0.5, 0.6) is 0 Å². The van der Waals surface area contributed by atoms with Crippen LogP contribution in [-0.4, -0.2) is 34.4 Å². The number of para-hydroxylation sites is 2. The zero-order valence-corrected chi connectivity index (χ0v) is 11.4. The molecule has 0 amide bonds. The van der Waals surface area contributed by atoms with Gasteiger partial charge in [0, 0.05) is 11.9 Å². The van der Waals surface area contributed by atoms with Gasteiger partial charge in [-0.3, -0.25) is 0 Å². The molecule has 1 heterocycles. The maximum absolute atomic E-state index is 11.7. The Balaban J connectivity index is 2.11. The van der Waals surface area contributed by atoms with Gasteiger partial charge < -0.3 is 10.5 Å². The number of nitrogens with two attached hydrogens (primary N) is 1. The van der Waals surface area contributed by atoms with Crippen LogP contribution in [0.4, 0.5) is 5.69 Å². The second-order valence-electron chi connectivity index (χ2n) is 3.83. The lowest BCUT2D eigenvalue weighted by Gasteiger charge is -2.04. The molecule has 100 valence electrons.